The molecule has 6 unspecified atom stereocenters. The highest BCUT2D eigenvalue weighted by molar-refractivity contribution is 7.61. The van der Waals surface area contributed by atoms with E-state index in [2.05, 4.69) is 23.4 Å². The summed E-state index contributed by atoms with van der Waals surface area (Å²) in [6, 6.07) is -0.958. The third-order valence-electron chi connectivity index (χ3n) is 5.79. The molecule has 9 N–H and O–H groups in total. The lowest BCUT2D eigenvalue weighted by Crippen LogP contribution is -2.64. The van der Waals surface area contributed by atoms with Gasteiger partial charge in [-0.25, -0.2) is 13.9 Å². The van der Waals surface area contributed by atoms with Crippen molar-refractivity contribution in [3.63, 3.8) is 0 Å². The molecule has 1 aromatic rings. The molecular weight excluding hydrogens is 622 g/mol. The Morgan fingerprint density at radius 1 is 1.10 bits per heavy atom. The number of carbonyl (C=O) groups excluding carboxylic acids is 1. The number of H-pyrrole nitrogens is 1. The van der Waals surface area contributed by atoms with Crippen LogP contribution in [0.25, 0.3) is 10.4 Å². The van der Waals surface area contributed by atoms with Crippen molar-refractivity contribution in [1.29, 1.82) is 0 Å². The Kier molecular flexibility index (Phi) is 11.2. The number of nitrogens with one attached hydrogen (secondary N) is 2. The first-order valence-corrected chi connectivity index (χ1v) is 14.5. The van der Waals surface area contributed by atoms with E-state index in [0.29, 0.717) is 4.57 Å². The van der Waals surface area contributed by atoms with E-state index in [1.807, 2.05) is 10.3 Å². The number of hydrogen-bond acceptors (Lipinski definition) is 16. The molecule has 236 valence electrons. The lowest BCUT2D eigenvalue weighted by Gasteiger charge is -2.42. The third-order valence-corrected chi connectivity index (χ3v) is 8.39. The number of aromatic nitrogens is 2. The fourth-order valence-electron chi connectivity index (χ4n) is 3.85. The normalized spacial score (nSPS) is 34.1. The molecule has 0 bridgehead atoms. The Hall–Kier alpha value is -2.56. The summed E-state index contributed by atoms with van der Waals surface area (Å²) in [4.78, 5) is 59.4. The second-order valence-corrected chi connectivity index (χ2v) is 11.7. The Labute approximate surface area is 232 Å². The predicted octanol–water partition coefficient (Wildman–Crippen LogP) is -4.36. The van der Waals surface area contributed by atoms with E-state index >= 15 is 0 Å². The van der Waals surface area contributed by atoms with Crippen LogP contribution in [0, 0.1) is 0 Å². The average molecular weight is 648 g/mol. The van der Waals surface area contributed by atoms with Crippen molar-refractivity contribution in [3.05, 3.63) is 43.5 Å². The molecule has 23 nitrogen and oxygen atoms in total. The van der Waals surface area contributed by atoms with Crippen LogP contribution in [0.4, 0.5) is 0 Å². The molecule has 42 heavy (non-hydrogen) atoms. The number of aromatic amines is 1. The topological polar surface area (TPSA) is 355 Å². The van der Waals surface area contributed by atoms with Crippen LogP contribution in [-0.2, 0) is 36.8 Å². The molecule has 2 aliphatic rings. The van der Waals surface area contributed by atoms with Crippen LogP contribution in [0.5, 0.6) is 0 Å². The number of aliphatic hydroxyl groups excluding tert-OH is 5. The van der Waals surface area contributed by atoms with Crippen LogP contribution in [0.15, 0.2) is 27.0 Å². The number of rotatable bonds is 12. The number of ether oxygens (including phenoxy) is 2. The maximum atomic E-state index is 12.5. The molecule has 0 spiro atoms. The van der Waals surface area contributed by atoms with Gasteiger partial charge in [0.1, 0.15) is 49.2 Å². The van der Waals surface area contributed by atoms with Gasteiger partial charge < -0.3 is 50.1 Å². The summed E-state index contributed by atoms with van der Waals surface area (Å²) in [5.41, 5.74) is 6.54. The molecule has 3 heterocycles. The van der Waals surface area contributed by atoms with E-state index in [4.69, 9.17) is 15.0 Å². The number of azide groups is 1. The number of carbonyl (C=O) groups is 1. The smallest absolute Gasteiger partial charge is 0.394 e. The monoisotopic (exact) mass is 648 g/mol. The fourth-order valence-corrected chi connectivity index (χ4v) is 6.01. The fraction of sp³-hybridized carbons (Fsp3) is 0.706. The lowest BCUT2D eigenvalue weighted by atomic mass is 9.97. The minimum Gasteiger partial charge on any atom is -0.394 e. The van der Waals surface area contributed by atoms with Crippen LogP contribution < -0.4 is 16.6 Å². The van der Waals surface area contributed by atoms with Gasteiger partial charge in [-0.15, -0.1) is 0 Å². The molecule has 2 saturated heterocycles. The first kappa shape index (κ1) is 33.9. The average Bonchev–Trinajstić information content (AvgIpc) is 3.18. The minimum atomic E-state index is -5.73. The summed E-state index contributed by atoms with van der Waals surface area (Å²) in [7, 11) is -11.3. The Morgan fingerprint density at radius 2 is 1.76 bits per heavy atom. The maximum Gasteiger partial charge on any atom is 0.483 e. The van der Waals surface area contributed by atoms with Gasteiger partial charge >= 0.3 is 21.3 Å². The summed E-state index contributed by atoms with van der Waals surface area (Å²) in [5, 5.41) is 55.1. The van der Waals surface area contributed by atoms with Crippen molar-refractivity contribution in [2.45, 2.75) is 55.2 Å². The summed E-state index contributed by atoms with van der Waals surface area (Å²) in [5.74, 6) is -1.08. The lowest BCUT2D eigenvalue weighted by molar-refractivity contribution is -0.247. The van der Waals surface area contributed by atoms with E-state index in [1.165, 1.54) is 0 Å². The first-order chi connectivity index (χ1) is 19.6. The second kappa shape index (κ2) is 13.8. The van der Waals surface area contributed by atoms with E-state index in [0.717, 1.165) is 12.3 Å². The Bertz CT molecular complexity index is 1380. The van der Waals surface area contributed by atoms with Gasteiger partial charge in [-0.3, -0.25) is 28.2 Å². The number of phosphoric ester groups is 2. The van der Waals surface area contributed by atoms with Gasteiger partial charge in [0.25, 0.3) is 5.56 Å². The number of amides is 1. The number of aliphatic hydroxyl groups is 5. The number of nitrogens with zero attached hydrogens (tertiary/aromatic N) is 4. The SMILES string of the molecule is [N-]=[N+]=NCC(=O)NC1C(O)[C@@H](O)C(CO)O[C@@H]1OP(=O)(O)OP(=O)(O)OC[C@H]1O[C@@H](n2ccc(=O)[nH]c2=O)C(O)[C@H]1O. The van der Waals surface area contributed by atoms with Crippen LogP contribution >= 0.6 is 15.6 Å². The van der Waals surface area contributed by atoms with E-state index in [9.17, 15) is 58.8 Å². The van der Waals surface area contributed by atoms with Crippen molar-refractivity contribution < 1.29 is 72.1 Å². The molecule has 0 radical (unpaired) electrons. The van der Waals surface area contributed by atoms with Crippen molar-refractivity contribution in [2.24, 2.45) is 5.11 Å². The van der Waals surface area contributed by atoms with Crippen LogP contribution in [0.1, 0.15) is 6.23 Å². The van der Waals surface area contributed by atoms with Crippen LogP contribution in [0.3, 0.4) is 0 Å². The van der Waals surface area contributed by atoms with Gasteiger partial charge in [0, 0.05) is 17.2 Å². The largest absolute Gasteiger partial charge is 0.483 e. The van der Waals surface area contributed by atoms with Gasteiger partial charge in [0.05, 0.1) is 13.2 Å². The number of phosphoric acid groups is 2. The van der Waals surface area contributed by atoms with Crippen molar-refractivity contribution in [1.82, 2.24) is 14.9 Å². The Morgan fingerprint density at radius 3 is 2.38 bits per heavy atom. The molecule has 25 heteroatoms. The molecule has 1 aromatic heterocycles. The minimum absolute atomic E-state index is 0.705. The van der Waals surface area contributed by atoms with Gasteiger partial charge in [-0.1, -0.05) is 5.11 Å². The zero-order valence-electron chi connectivity index (χ0n) is 20.9. The highest BCUT2D eigenvalue weighted by Crippen LogP contribution is 2.61. The van der Waals surface area contributed by atoms with E-state index < -0.39 is 108 Å². The molecule has 2 aliphatic heterocycles. The summed E-state index contributed by atoms with van der Waals surface area (Å²) < 4.78 is 49.3. The van der Waals surface area contributed by atoms with E-state index in [-0.39, 0.29) is 0 Å². The molecule has 3 rings (SSSR count). The summed E-state index contributed by atoms with van der Waals surface area (Å²) >= 11 is 0. The van der Waals surface area contributed by atoms with Gasteiger partial charge in [0.15, 0.2) is 12.5 Å². The molecule has 0 saturated carbocycles. The van der Waals surface area contributed by atoms with Crippen molar-refractivity contribution >= 4 is 21.6 Å². The molecule has 0 aliphatic carbocycles. The highest BCUT2D eigenvalue weighted by atomic mass is 31.3. The Balaban J connectivity index is 1.67. The third kappa shape index (κ3) is 8.29. The van der Waals surface area contributed by atoms with Gasteiger partial charge in [-0.05, 0) is 5.53 Å². The predicted molar refractivity (Wildman–Crippen MR) is 129 cm³/mol. The van der Waals surface area contributed by atoms with Crippen molar-refractivity contribution in [2.75, 3.05) is 19.8 Å². The highest BCUT2D eigenvalue weighted by Gasteiger charge is 2.50. The molecule has 2 fully saturated rings. The van der Waals surface area contributed by atoms with Crippen molar-refractivity contribution in [3.8, 4) is 0 Å². The van der Waals surface area contributed by atoms with Crippen LogP contribution in [0.2, 0.25) is 0 Å². The summed E-state index contributed by atoms with van der Waals surface area (Å²) in [6.45, 7) is -2.85. The molecule has 0 aromatic carbocycles. The molecule has 1 amide bonds. The zero-order chi connectivity index (χ0) is 31.4. The standard InChI is InChI=1S/C17H26N6O17P2/c18-22-19-3-9(26)20-10-13(29)11(27)6(4-24)38-16(10)39-42(34,35)40-41(32,33)36-5-7-12(28)14(30)15(37-7)23-2-1-8(25)21-17(23)31/h1-2,6-7,10-16,24,27-30H,3-5H2,(H,20,26)(H,32,33)(H,34,35)(H,21,25,31)/t6?,7-,10?,11+,12+,13?,14?,15-,16-/m1/s1. The van der Waals surface area contributed by atoms with E-state index in [1.54, 1.807) is 0 Å². The molecular formula is C17H26N6O17P2. The van der Waals surface area contributed by atoms with Gasteiger partial charge in [-0.2, -0.15) is 4.31 Å². The maximum absolute atomic E-state index is 12.5. The second-order valence-electron chi connectivity index (χ2n) is 8.67. The quantitative estimate of drug-likeness (QED) is 0.0447. The van der Waals surface area contributed by atoms with Crippen LogP contribution in [-0.4, -0.2) is 119 Å². The van der Waals surface area contributed by atoms with Gasteiger partial charge in [0.2, 0.25) is 5.91 Å². The number of hydrogen-bond donors (Lipinski definition) is 9. The first-order valence-electron chi connectivity index (χ1n) is 11.5. The molecule has 11 atom stereocenters. The zero-order valence-corrected chi connectivity index (χ0v) is 22.7. The summed E-state index contributed by atoms with van der Waals surface area (Å²) in [6.07, 6.45) is -13.6.